The molecule has 0 aliphatic carbocycles. The van der Waals surface area contributed by atoms with Crippen LogP contribution in [0.1, 0.15) is 15.9 Å². The fourth-order valence-electron chi connectivity index (χ4n) is 2.94. The van der Waals surface area contributed by atoms with E-state index in [1.54, 1.807) is 48.5 Å². The molecule has 0 radical (unpaired) electrons. The maximum absolute atomic E-state index is 12.9. The van der Waals surface area contributed by atoms with Crippen LogP contribution in [0.5, 0.6) is 0 Å². The molecule has 1 aliphatic heterocycles. The molecule has 1 aliphatic rings. The highest BCUT2D eigenvalue weighted by Crippen LogP contribution is 2.21. The Morgan fingerprint density at radius 1 is 0.931 bits per heavy atom. The molecule has 2 aromatic rings. The monoisotopic (exact) mass is 417 g/mol. The molecule has 9 heteroatoms. The summed E-state index contributed by atoms with van der Waals surface area (Å²) in [5.41, 5.74) is 0.948. The Morgan fingerprint density at radius 2 is 1.59 bits per heavy atom. The molecule has 0 saturated carbocycles. The lowest BCUT2D eigenvalue weighted by atomic mass is 10.2. The fourth-order valence-corrected chi connectivity index (χ4v) is 4.57. The molecular weight excluding hydrogens is 394 g/mol. The molecule has 0 atom stereocenters. The van der Waals surface area contributed by atoms with Crippen molar-refractivity contribution >= 4 is 21.8 Å². The van der Waals surface area contributed by atoms with E-state index >= 15 is 0 Å². The first-order valence-electron chi connectivity index (χ1n) is 9.24. The van der Waals surface area contributed by atoms with E-state index in [0.717, 1.165) is 0 Å². The predicted molar refractivity (Wildman–Crippen MR) is 107 cm³/mol. The number of nitrogens with one attached hydrogen (secondary N) is 2. The van der Waals surface area contributed by atoms with Crippen molar-refractivity contribution in [3.05, 3.63) is 65.7 Å². The number of sulfonamides is 1. The maximum Gasteiger partial charge on any atom is 0.251 e. The first-order chi connectivity index (χ1) is 14.0. The Labute approximate surface area is 169 Å². The van der Waals surface area contributed by atoms with E-state index in [1.165, 1.54) is 10.4 Å². The van der Waals surface area contributed by atoms with Gasteiger partial charge in [0.2, 0.25) is 15.9 Å². The van der Waals surface area contributed by atoms with E-state index in [9.17, 15) is 18.0 Å². The summed E-state index contributed by atoms with van der Waals surface area (Å²) in [4.78, 5) is 24.3. The Kier molecular flexibility index (Phi) is 6.97. The second-order valence-electron chi connectivity index (χ2n) is 6.45. The number of hydrogen-bond acceptors (Lipinski definition) is 5. The maximum atomic E-state index is 12.9. The predicted octanol–water partition coefficient (Wildman–Crippen LogP) is 0.754. The molecular formula is C20H23N3O5S. The second kappa shape index (κ2) is 9.64. The third-order valence-corrected chi connectivity index (χ3v) is 6.48. The third kappa shape index (κ3) is 5.41. The number of carbonyl (C=O) groups excluding carboxylic acids is 2. The summed E-state index contributed by atoms with van der Waals surface area (Å²) in [6, 6.07) is 15.1. The molecule has 0 bridgehead atoms. The Morgan fingerprint density at radius 3 is 2.31 bits per heavy atom. The van der Waals surface area contributed by atoms with Gasteiger partial charge in [-0.25, -0.2) is 8.42 Å². The third-order valence-electron chi connectivity index (χ3n) is 4.48. The zero-order chi connectivity index (χ0) is 20.7. The summed E-state index contributed by atoms with van der Waals surface area (Å²) in [7, 11) is -3.67. The molecule has 154 valence electrons. The quantitative estimate of drug-likeness (QED) is 0.692. The number of amides is 2. The molecule has 0 spiro atoms. The van der Waals surface area contributed by atoms with Crippen LogP contribution in [-0.2, 0) is 26.1 Å². The van der Waals surface area contributed by atoms with E-state index in [4.69, 9.17) is 4.74 Å². The van der Waals surface area contributed by atoms with Gasteiger partial charge in [-0.1, -0.05) is 36.4 Å². The number of morpholine rings is 1. The summed E-state index contributed by atoms with van der Waals surface area (Å²) in [6.07, 6.45) is 0. The minimum atomic E-state index is -3.67. The van der Waals surface area contributed by atoms with Gasteiger partial charge in [0.25, 0.3) is 5.91 Å². The molecule has 29 heavy (non-hydrogen) atoms. The first kappa shape index (κ1) is 21.0. The molecule has 2 amide bonds. The van der Waals surface area contributed by atoms with Crippen LogP contribution in [0.2, 0.25) is 0 Å². The first-order valence-corrected chi connectivity index (χ1v) is 10.7. The average Bonchev–Trinajstić information content (AvgIpc) is 2.77. The zero-order valence-corrected chi connectivity index (χ0v) is 16.7. The minimum absolute atomic E-state index is 0.0415. The van der Waals surface area contributed by atoms with Crippen molar-refractivity contribution in [1.29, 1.82) is 0 Å². The van der Waals surface area contributed by atoms with Crippen molar-refractivity contribution in [1.82, 2.24) is 14.9 Å². The van der Waals surface area contributed by atoms with E-state index in [1.807, 2.05) is 0 Å². The lowest BCUT2D eigenvalue weighted by Gasteiger charge is -2.27. The Balaban J connectivity index is 1.59. The molecule has 2 N–H and O–H groups in total. The van der Waals surface area contributed by atoms with Crippen LogP contribution < -0.4 is 10.6 Å². The van der Waals surface area contributed by atoms with Gasteiger partial charge >= 0.3 is 0 Å². The largest absolute Gasteiger partial charge is 0.379 e. The zero-order valence-electron chi connectivity index (χ0n) is 15.8. The topological polar surface area (TPSA) is 105 Å². The van der Waals surface area contributed by atoms with Gasteiger partial charge in [0, 0.05) is 25.2 Å². The van der Waals surface area contributed by atoms with Gasteiger partial charge in [0.1, 0.15) is 0 Å². The van der Waals surface area contributed by atoms with Gasteiger partial charge in [-0.15, -0.1) is 0 Å². The lowest BCUT2D eigenvalue weighted by Crippen LogP contribution is -2.41. The summed E-state index contributed by atoms with van der Waals surface area (Å²) in [6.45, 7) is 1.16. The summed E-state index contributed by atoms with van der Waals surface area (Å²) < 4.78 is 32.5. The lowest BCUT2D eigenvalue weighted by molar-refractivity contribution is -0.120. The van der Waals surface area contributed by atoms with Crippen LogP contribution in [0, 0.1) is 0 Å². The number of rotatable bonds is 7. The van der Waals surface area contributed by atoms with Crippen molar-refractivity contribution in [2.45, 2.75) is 11.4 Å². The van der Waals surface area contributed by atoms with E-state index in [2.05, 4.69) is 10.6 Å². The molecule has 0 unspecified atom stereocenters. The minimum Gasteiger partial charge on any atom is -0.379 e. The highest BCUT2D eigenvalue weighted by Gasteiger charge is 2.28. The summed E-state index contributed by atoms with van der Waals surface area (Å²) in [5.74, 6) is -0.760. The number of hydrogen-bond donors (Lipinski definition) is 2. The van der Waals surface area contributed by atoms with E-state index in [-0.39, 0.29) is 23.9 Å². The highest BCUT2D eigenvalue weighted by atomic mass is 32.2. The van der Waals surface area contributed by atoms with Crippen molar-refractivity contribution in [2.75, 3.05) is 32.8 Å². The standard InChI is InChI=1S/C20H23N3O5S/c24-19(15-22-20(25)16-6-2-1-3-7-16)21-14-17-8-4-5-9-18(17)29(26,27)23-10-12-28-13-11-23/h1-9H,10-15H2,(H,21,24)(H,22,25). The fraction of sp³-hybridized carbons (Fsp3) is 0.300. The van der Waals surface area contributed by atoms with Gasteiger partial charge in [-0.2, -0.15) is 4.31 Å². The van der Waals surface area contributed by atoms with Crippen molar-refractivity contribution in [2.24, 2.45) is 0 Å². The number of carbonyl (C=O) groups is 2. The van der Waals surface area contributed by atoms with Gasteiger partial charge in [-0.05, 0) is 23.8 Å². The Bertz CT molecular complexity index is 957. The van der Waals surface area contributed by atoms with Crippen molar-refractivity contribution in [3.8, 4) is 0 Å². The number of nitrogens with zero attached hydrogens (tertiary/aromatic N) is 1. The van der Waals surface area contributed by atoms with Crippen LogP contribution >= 0.6 is 0 Å². The molecule has 8 nitrogen and oxygen atoms in total. The van der Waals surface area contributed by atoms with Crippen LogP contribution in [0.4, 0.5) is 0 Å². The summed E-state index contributed by atoms with van der Waals surface area (Å²) >= 11 is 0. The van der Waals surface area contributed by atoms with Gasteiger partial charge < -0.3 is 15.4 Å². The highest BCUT2D eigenvalue weighted by molar-refractivity contribution is 7.89. The molecule has 3 rings (SSSR count). The summed E-state index contributed by atoms with van der Waals surface area (Å²) in [5, 5.41) is 5.20. The van der Waals surface area contributed by atoms with Crippen LogP contribution in [0.3, 0.4) is 0 Å². The van der Waals surface area contributed by atoms with Gasteiger partial charge in [0.15, 0.2) is 0 Å². The van der Waals surface area contributed by atoms with Gasteiger partial charge in [0.05, 0.1) is 24.7 Å². The van der Waals surface area contributed by atoms with Crippen LogP contribution in [-0.4, -0.2) is 57.4 Å². The second-order valence-corrected chi connectivity index (χ2v) is 8.36. The molecule has 1 fully saturated rings. The smallest absolute Gasteiger partial charge is 0.251 e. The Hall–Kier alpha value is -2.75. The van der Waals surface area contributed by atoms with Crippen LogP contribution in [0.25, 0.3) is 0 Å². The van der Waals surface area contributed by atoms with Crippen molar-refractivity contribution < 1.29 is 22.7 Å². The van der Waals surface area contributed by atoms with Crippen LogP contribution in [0.15, 0.2) is 59.5 Å². The average molecular weight is 417 g/mol. The number of benzene rings is 2. The normalized spacial score (nSPS) is 14.9. The SMILES string of the molecule is O=C(CNC(=O)c1ccccc1)NCc1ccccc1S(=O)(=O)N1CCOCC1. The van der Waals surface area contributed by atoms with E-state index in [0.29, 0.717) is 37.4 Å². The van der Waals surface area contributed by atoms with E-state index < -0.39 is 15.9 Å². The van der Waals surface area contributed by atoms with Gasteiger partial charge in [-0.3, -0.25) is 9.59 Å². The molecule has 1 heterocycles. The molecule has 0 aromatic heterocycles. The van der Waals surface area contributed by atoms with Crippen molar-refractivity contribution in [3.63, 3.8) is 0 Å². The molecule has 2 aromatic carbocycles. The number of ether oxygens (including phenoxy) is 1. The molecule has 1 saturated heterocycles.